The van der Waals surface area contributed by atoms with Crippen molar-refractivity contribution in [2.45, 2.75) is 37.4 Å². The lowest BCUT2D eigenvalue weighted by Gasteiger charge is -2.30. The van der Waals surface area contributed by atoms with Crippen molar-refractivity contribution in [2.24, 2.45) is 0 Å². The van der Waals surface area contributed by atoms with Gasteiger partial charge >= 0.3 is 5.69 Å². The Kier molecular flexibility index (Phi) is 2.44. The molecule has 0 saturated carbocycles. The summed E-state index contributed by atoms with van der Waals surface area (Å²) in [7, 11) is 0. The largest absolute Gasteiger partial charge is 0.387 e. The third-order valence-electron chi connectivity index (χ3n) is 3.73. The summed E-state index contributed by atoms with van der Waals surface area (Å²) in [4.78, 5) is 24.9. The molecule has 18 heavy (non-hydrogen) atoms. The maximum absolute atomic E-state index is 11.7. The Labute approximate surface area is 102 Å². The fraction of sp³-hybridized carbons (Fsp3) is 0.636. The molecule has 0 aliphatic carbocycles. The van der Waals surface area contributed by atoms with Crippen LogP contribution in [-0.2, 0) is 9.47 Å². The molecule has 0 amide bonds. The molecule has 7 nitrogen and oxygen atoms in total. The average molecular weight is 254 g/mol. The highest BCUT2D eigenvalue weighted by Gasteiger charge is 2.60. The molecule has 3 heterocycles. The summed E-state index contributed by atoms with van der Waals surface area (Å²) in [6.45, 7) is 2.22. The molecule has 0 spiro atoms. The SMILES string of the molecule is CC[C@]12COC(C1O)[C@H](n1ccc(=O)[nH]c1=O)O2. The number of aromatic amines is 1. The maximum Gasteiger partial charge on any atom is 0.330 e. The smallest absolute Gasteiger partial charge is 0.330 e. The van der Waals surface area contributed by atoms with Crippen molar-refractivity contribution in [3.8, 4) is 0 Å². The van der Waals surface area contributed by atoms with E-state index in [1.807, 2.05) is 6.92 Å². The van der Waals surface area contributed by atoms with Crippen molar-refractivity contribution in [1.29, 1.82) is 0 Å². The van der Waals surface area contributed by atoms with Gasteiger partial charge in [-0.2, -0.15) is 0 Å². The van der Waals surface area contributed by atoms with Gasteiger partial charge in [0, 0.05) is 12.3 Å². The van der Waals surface area contributed by atoms with E-state index in [0.29, 0.717) is 13.0 Å². The highest BCUT2D eigenvalue weighted by Crippen LogP contribution is 2.45. The minimum Gasteiger partial charge on any atom is -0.387 e. The molecule has 4 atom stereocenters. The molecule has 7 heteroatoms. The lowest BCUT2D eigenvalue weighted by molar-refractivity contribution is -0.175. The molecule has 2 fully saturated rings. The Balaban J connectivity index is 2.01. The van der Waals surface area contributed by atoms with Gasteiger partial charge in [0.05, 0.1) is 6.61 Å². The third-order valence-corrected chi connectivity index (χ3v) is 3.73. The number of nitrogens with one attached hydrogen (secondary N) is 1. The molecule has 2 aliphatic rings. The van der Waals surface area contributed by atoms with Crippen LogP contribution in [0.5, 0.6) is 0 Å². The predicted octanol–water partition coefficient (Wildman–Crippen LogP) is -1.03. The van der Waals surface area contributed by atoms with Crippen LogP contribution in [0.4, 0.5) is 0 Å². The van der Waals surface area contributed by atoms with Gasteiger partial charge in [-0.25, -0.2) is 4.79 Å². The van der Waals surface area contributed by atoms with E-state index < -0.39 is 35.3 Å². The van der Waals surface area contributed by atoms with Gasteiger partial charge in [-0.15, -0.1) is 0 Å². The van der Waals surface area contributed by atoms with Crippen LogP contribution in [0, 0.1) is 0 Å². The van der Waals surface area contributed by atoms with Crippen molar-refractivity contribution in [2.75, 3.05) is 6.61 Å². The fourth-order valence-electron chi connectivity index (χ4n) is 2.60. The van der Waals surface area contributed by atoms with Crippen LogP contribution in [0.2, 0.25) is 0 Å². The first kappa shape index (κ1) is 11.6. The number of aliphatic hydroxyl groups is 1. The Bertz CT molecular complexity index is 579. The number of aromatic nitrogens is 2. The number of rotatable bonds is 2. The summed E-state index contributed by atoms with van der Waals surface area (Å²) in [5.41, 5.74) is -1.78. The fourth-order valence-corrected chi connectivity index (χ4v) is 2.60. The molecule has 0 radical (unpaired) electrons. The third kappa shape index (κ3) is 1.41. The molecule has 2 saturated heterocycles. The predicted molar refractivity (Wildman–Crippen MR) is 60.2 cm³/mol. The van der Waals surface area contributed by atoms with Crippen LogP contribution in [-0.4, -0.2) is 39.1 Å². The zero-order chi connectivity index (χ0) is 12.9. The van der Waals surface area contributed by atoms with Gasteiger partial charge < -0.3 is 14.6 Å². The lowest BCUT2D eigenvalue weighted by Crippen LogP contribution is -2.41. The van der Waals surface area contributed by atoms with Gasteiger partial charge in [0.2, 0.25) is 0 Å². The van der Waals surface area contributed by atoms with E-state index in [-0.39, 0.29) is 0 Å². The highest BCUT2D eigenvalue weighted by molar-refractivity contribution is 5.06. The van der Waals surface area contributed by atoms with E-state index in [1.165, 1.54) is 16.8 Å². The normalized spacial score (nSPS) is 38.2. The summed E-state index contributed by atoms with van der Waals surface area (Å²) in [6.07, 6.45) is -0.0800. The number of fused-ring (bicyclic) bond motifs is 2. The van der Waals surface area contributed by atoms with E-state index in [1.54, 1.807) is 0 Å². The van der Waals surface area contributed by atoms with Crippen molar-refractivity contribution in [3.63, 3.8) is 0 Å². The van der Waals surface area contributed by atoms with Crippen molar-refractivity contribution in [3.05, 3.63) is 33.1 Å². The van der Waals surface area contributed by atoms with E-state index >= 15 is 0 Å². The van der Waals surface area contributed by atoms with Crippen molar-refractivity contribution < 1.29 is 14.6 Å². The van der Waals surface area contributed by atoms with Gasteiger partial charge in [0.1, 0.15) is 17.8 Å². The molecule has 2 N–H and O–H groups in total. The van der Waals surface area contributed by atoms with E-state index in [4.69, 9.17) is 9.47 Å². The van der Waals surface area contributed by atoms with Crippen LogP contribution < -0.4 is 11.2 Å². The van der Waals surface area contributed by atoms with Crippen molar-refractivity contribution >= 4 is 0 Å². The van der Waals surface area contributed by atoms with Gasteiger partial charge in [-0.1, -0.05) is 6.92 Å². The van der Waals surface area contributed by atoms with Crippen LogP contribution in [0.1, 0.15) is 19.6 Å². The zero-order valence-corrected chi connectivity index (χ0v) is 9.83. The van der Waals surface area contributed by atoms with Crippen LogP contribution in [0.15, 0.2) is 21.9 Å². The van der Waals surface area contributed by atoms with Crippen molar-refractivity contribution in [1.82, 2.24) is 9.55 Å². The topological polar surface area (TPSA) is 93.5 Å². The van der Waals surface area contributed by atoms with Gasteiger partial charge in [0.25, 0.3) is 5.56 Å². The molecular formula is C11H14N2O5. The van der Waals surface area contributed by atoms with Crippen LogP contribution >= 0.6 is 0 Å². The molecule has 2 aliphatic heterocycles. The zero-order valence-electron chi connectivity index (χ0n) is 9.83. The van der Waals surface area contributed by atoms with Gasteiger partial charge in [0.15, 0.2) is 6.23 Å². The molecule has 2 bridgehead atoms. The number of aliphatic hydroxyl groups excluding tert-OH is 1. The second-order valence-corrected chi connectivity index (χ2v) is 4.66. The monoisotopic (exact) mass is 254 g/mol. The van der Waals surface area contributed by atoms with Gasteiger partial charge in [-0.05, 0) is 6.42 Å². The minimum atomic E-state index is -0.758. The number of hydrogen-bond acceptors (Lipinski definition) is 5. The quantitative estimate of drug-likeness (QED) is 0.704. The van der Waals surface area contributed by atoms with Crippen LogP contribution in [0.3, 0.4) is 0 Å². The molecule has 0 aromatic carbocycles. The Morgan fingerprint density at radius 2 is 2.39 bits per heavy atom. The molecule has 3 rings (SSSR count). The minimum absolute atomic E-state index is 0.323. The number of H-pyrrole nitrogens is 1. The Morgan fingerprint density at radius 3 is 3.00 bits per heavy atom. The number of hydrogen-bond donors (Lipinski definition) is 2. The first-order valence-electron chi connectivity index (χ1n) is 5.86. The lowest BCUT2D eigenvalue weighted by atomic mass is 9.96. The summed E-state index contributed by atoms with van der Waals surface area (Å²) in [5, 5.41) is 10.1. The molecule has 98 valence electrons. The second kappa shape index (κ2) is 3.78. The summed E-state index contributed by atoms with van der Waals surface area (Å²) >= 11 is 0. The van der Waals surface area contributed by atoms with E-state index in [9.17, 15) is 14.7 Å². The summed E-state index contributed by atoms with van der Waals surface area (Å²) < 4.78 is 12.5. The number of ether oxygens (including phenoxy) is 2. The summed E-state index contributed by atoms with van der Waals surface area (Å²) in [6, 6.07) is 1.24. The van der Waals surface area contributed by atoms with E-state index in [2.05, 4.69) is 4.98 Å². The summed E-state index contributed by atoms with van der Waals surface area (Å²) in [5.74, 6) is 0. The first-order valence-corrected chi connectivity index (χ1v) is 5.86. The molecule has 1 aromatic rings. The average Bonchev–Trinajstić information content (AvgIpc) is 2.81. The van der Waals surface area contributed by atoms with Gasteiger partial charge in [-0.3, -0.25) is 14.3 Å². The molecular weight excluding hydrogens is 240 g/mol. The number of nitrogens with zero attached hydrogens (tertiary/aromatic N) is 1. The first-order chi connectivity index (χ1) is 8.57. The standard InChI is InChI=1S/C11H14N2O5/c1-2-11-5-17-7(8(11)15)9(18-11)13-4-3-6(14)12-10(13)16/h3-4,7-9,15H,2,5H2,1H3,(H,12,14,16)/t7?,8?,9-,11+/m1/s1. The Hall–Kier alpha value is -1.44. The highest BCUT2D eigenvalue weighted by atomic mass is 16.6. The van der Waals surface area contributed by atoms with E-state index in [0.717, 1.165) is 0 Å². The van der Waals surface area contributed by atoms with Crippen LogP contribution in [0.25, 0.3) is 0 Å². The molecule has 1 aromatic heterocycles. The second-order valence-electron chi connectivity index (χ2n) is 4.66. The Morgan fingerprint density at radius 1 is 1.61 bits per heavy atom. The maximum atomic E-state index is 11.7. The molecule has 2 unspecified atom stereocenters.